The third-order valence-corrected chi connectivity index (χ3v) is 6.99. The van der Waals surface area contributed by atoms with E-state index >= 15 is 0 Å². The van der Waals surface area contributed by atoms with Crippen LogP contribution >= 0.6 is 35.0 Å². The van der Waals surface area contributed by atoms with Gasteiger partial charge >= 0.3 is 0 Å². The van der Waals surface area contributed by atoms with Gasteiger partial charge in [0.2, 0.25) is 15.9 Å². The summed E-state index contributed by atoms with van der Waals surface area (Å²) in [5, 5.41) is 3.89. The lowest BCUT2D eigenvalue weighted by molar-refractivity contribution is -0.121. The molecular weight excluding hydrogens is 427 g/mol. The molecule has 0 unspecified atom stereocenters. The van der Waals surface area contributed by atoms with E-state index in [4.69, 9.17) is 23.2 Å². The lowest BCUT2D eigenvalue weighted by Gasteiger charge is -2.17. The molecule has 0 heterocycles. The Hall–Kier alpha value is -1.25. The fourth-order valence-electron chi connectivity index (χ4n) is 2.16. The summed E-state index contributed by atoms with van der Waals surface area (Å²) in [5.74, 6) is 1.20. The Morgan fingerprint density at radius 2 is 1.59 bits per heavy atom. The Bertz CT molecular complexity index is 857. The summed E-state index contributed by atoms with van der Waals surface area (Å²) < 4.78 is 25.9. The average molecular weight is 447 g/mol. The number of carbonyl (C=O) groups excluding carboxylic acids is 1. The third-order valence-electron chi connectivity index (χ3n) is 3.64. The van der Waals surface area contributed by atoms with E-state index in [1.807, 2.05) is 24.3 Å². The van der Waals surface area contributed by atoms with Gasteiger partial charge in [-0.15, -0.1) is 0 Å². The van der Waals surface area contributed by atoms with Crippen LogP contribution in [0.1, 0.15) is 5.56 Å². The molecule has 2 aromatic rings. The van der Waals surface area contributed by atoms with Crippen molar-refractivity contribution >= 4 is 50.9 Å². The van der Waals surface area contributed by atoms with Gasteiger partial charge in [-0.25, -0.2) is 8.42 Å². The number of sulfonamides is 1. The van der Waals surface area contributed by atoms with Crippen LogP contribution in [0.4, 0.5) is 0 Å². The molecule has 0 aliphatic rings. The standard InChI is InChI=1S/C18H20Cl2N2O3S2/c1-22(27(24,25)17-8-6-16(20)7-9-17)12-18(23)21-10-11-26-13-14-2-4-15(19)5-3-14/h2-9H,10-13H2,1H3,(H,21,23). The fourth-order valence-corrected chi connectivity index (χ4v) is 4.36. The molecule has 1 N–H and O–H groups in total. The predicted octanol–water partition coefficient (Wildman–Crippen LogP) is 3.66. The van der Waals surface area contributed by atoms with Crippen molar-refractivity contribution in [3.8, 4) is 0 Å². The van der Waals surface area contributed by atoms with Crippen molar-refractivity contribution in [2.24, 2.45) is 0 Å². The van der Waals surface area contributed by atoms with E-state index in [9.17, 15) is 13.2 Å². The lowest BCUT2D eigenvalue weighted by atomic mass is 10.2. The van der Waals surface area contributed by atoms with Gasteiger partial charge in [-0.05, 0) is 42.0 Å². The van der Waals surface area contributed by atoms with E-state index in [0.717, 1.165) is 21.4 Å². The largest absolute Gasteiger partial charge is 0.354 e. The van der Waals surface area contributed by atoms with Crippen LogP contribution < -0.4 is 5.32 Å². The number of hydrogen-bond acceptors (Lipinski definition) is 4. The Labute approximate surface area is 174 Å². The highest BCUT2D eigenvalue weighted by Crippen LogP contribution is 2.17. The molecule has 0 aliphatic carbocycles. The fraction of sp³-hybridized carbons (Fsp3) is 0.278. The Balaban J connectivity index is 1.73. The van der Waals surface area contributed by atoms with Crippen LogP contribution in [0.15, 0.2) is 53.4 Å². The van der Waals surface area contributed by atoms with Gasteiger partial charge in [0.25, 0.3) is 0 Å². The minimum atomic E-state index is -3.73. The molecule has 2 aromatic carbocycles. The number of nitrogens with zero attached hydrogens (tertiary/aromatic N) is 1. The number of likely N-dealkylation sites (N-methyl/N-ethyl adjacent to an activating group) is 1. The highest BCUT2D eigenvalue weighted by molar-refractivity contribution is 7.98. The molecule has 0 aromatic heterocycles. The maximum Gasteiger partial charge on any atom is 0.243 e. The number of rotatable bonds is 9. The number of thioether (sulfide) groups is 1. The summed E-state index contributed by atoms with van der Waals surface area (Å²) in [6.07, 6.45) is 0. The summed E-state index contributed by atoms with van der Waals surface area (Å²) in [5.41, 5.74) is 1.16. The molecule has 0 saturated heterocycles. The smallest absolute Gasteiger partial charge is 0.243 e. The highest BCUT2D eigenvalue weighted by atomic mass is 35.5. The first-order valence-corrected chi connectivity index (χ1v) is 11.4. The molecule has 0 fully saturated rings. The van der Waals surface area contributed by atoms with Crippen LogP contribution in [-0.4, -0.2) is 44.5 Å². The van der Waals surface area contributed by atoms with Crippen LogP contribution in [-0.2, 0) is 20.6 Å². The molecule has 0 bridgehead atoms. The van der Waals surface area contributed by atoms with Gasteiger partial charge in [0.15, 0.2) is 0 Å². The Morgan fingerprint density at radius 1 is 1.04 bits per heavy atom. The summed E-state index contributed by atoms with van der Waals surface area (Å²) in [4.78, 5) is 12.1. The van der Waals surface area contributed by atoms with Crippen LogP contribution in [0.5, 0.6) is 0 Å². The van der Waals surface area contributed by atoms with Crippen LogP contribution in [0.25, 0.3) is 0 Å². The van der Waals surface area contributed by atoms with Crippen molar-refractivity contribution < 1.29 is 13.2 Å². The topological polar surface area (TPSA) is 66.5 Å². The van der Waals surface area contributed by atoms with Crippen LogP contribution in [0.2, 0.25) is 10.0 Å². The molecule has 1 amide bonds. The van der Waals surface area contributed by atoms with Gasteiger partial charge in [-0.3, -0.25) is 4.79 Å². The second-order valence-electron chi connectivity index (χ2n) is 5.74. The van der Waals surface area contributed by atoms with Gasteiger partial charge in [0.05, 0.1) is 11.4 Å². The first-order valence-electron chi connectivity index (χ1n) is 8.10. The first kappa shape index (κ1) is 22.0. The van der Waals surface area contributed by atoms with Gasteiger partial charge in [-0.2, -0.15) is 16.1 Å². The van der Waals surface area contributed by atoms with Crippen molar-refractivity contribution in [3.05, 3.63) is 64.1 Å². The van der Waals surface area contributed by atoms with Gasteiger partial charge in [0, 0.05) is 35.1 Å². The van der Waals surface area contributed by atoms with Crippen molar-refractivity contribution in [1.82, 2.24) is 9.62 Å². The van der Waals surface area contributed by atoms with Crippen molar-refractivity contribution in [2.75, 3.05) is 25.9 Å². The molecule has 0 atom stereocenters. The number of carbonyl (C=O) groups is 1. The van der Waals surface area contributed by atoms with Crippen molar-refractivity contribution in [3.63, 3.8) is 0 Å². The third kappa shape index (κ3) is 7.01. The minimum Gasteiger partial charge on any atom is -0.354 e. The second-order valence-corrected chi connectivity index (χ2v) is 9.77. The molecular formula is C18H20Cl2N2O3S2. The average Bonchev–Trinajstić information content (AvgIpc) is 2.63. The number of amides is 1. The molecule has 2 rings (SSSR count). The summed E-state index contributed by atoms with van der Waals surface area (Å²) in [7, 11) is -2.35. The van der Waals surface area contributed by atoms with Gasteiger partial charge < -0.3 is 5.32 Å². The molecule has 9 heteroatoms. The number of nitrogens with one attached hydrogen (secondary N) is 1. The zero-order chi connectivity index (χ0) is 19.9. The Morgan fingerprint density at radius 3 is 2.19 bits per heavy atom. The first-order chi connectivity index (χ1) is 12.8. The lowest BCUT2D eigenvalue weighted by Crippen LogP contribution is -2.39. The zero-order valence-electron chi connectivity index (χ0n) is 14.7. The molecule has 0 saturated carbocycles. The molecule has 146 valence electrons. The molecule has 0 aliphatic heterocycles. The summed E-state index contributed by atoms with van der Waals surface area (Å²) >= 11 is 13.3. The van der Waals surface area contributed by atoms with Crippen LogP contribution in [0.3, 0.4) is 0 Å². The van der Waals surface area contributed by atoms with Crippen molar-refractivity contribution in [2.45, 2.75) is 10.6 Å². The second kappa shape index (κ2) is 10.3. The normalized spacial score (nSPS) is 11.6. The summed E-state index contributed by atoms with van der Waals surface area (Å²) in [6, 6.07) is 13.4. The SMILES string of the molecule is CN(CC(=O)NCCSCc1ccc(Cl)cc1)S(=O)(=O)c1ccc(Cl)cc1. The highest BCUT2D eigenvalue weighted by Gasteiger charge is 2.22. The van der Waals surface area contributed by atoms with E-state index in [1.54, 1.807) is 11.8 Å². The number of benzene rings is 2. The predicted molar refractivity (Wildman–Crippen MR) is 112 cm³/mol. The van der Waals surface area contributed by atoms with E-state index in [-0.39, 0.29) is 17.3 Å². The Kier molecular flexibility index (Phi) is 8.44. The monoisotopic (exact) mass is 446 g/mol. The maximum atomic E-state index is 12.4. The quantitative estimate of drug-likeness (QED) is 0.596. The van der Waals surface area contributed by atoms with Crippen molar-refractivity contribution in [1.29, 1.82) is 0 Å². The van der Waals surface area contributed by atoms with E-state index in [1.165, 1.54) is 31.3 Å². The van der Waals surface area contributed by atoms with E-state index in [2.05, 4.69) is 5.32 Å². The maximum absolute atomic E-state index is 12.4. The van der Waals surface area contributed by atoms with Gasteiger partial charge in [-0.1, -0.05) is 35.3 Å². The molecule has 0 spiro atoms. The minimum absolute atomic E-state index is 0.0979. The molecule has 27 heavy (non-hydrogen) atoms. The zero-order valence-corrected chi connectivity index (χ0v) is 17.8. The summed E-state index contributed by atoms with van der Waals surface area (Å²) in [6.45, 7) is 0.221. The molecule has 5 nitrogen and oxygen atoms in total. The van der Waals surface area contributed by atoms with E-state index < -0.39 is 10.0 Å². The molecule has 0 radical (unpaired) electrons. The number of hydrogen-bond donors (Lipinski definition) is 1. The number of halogens is 2. The van der Waals surface area contributed by atoms with E-state index in [0.29, 0.717) is 16.6 Å². The van der Waals surface area contributed by atoms with Gasteiger partial charge in [0.1, 0.15) is 0 Å². The van der Waals surface area contributed by atoms with Crippen LogP contribution in [0, 0.1) is 0 Å².